The normalized spacial score (nSPS) is 49.5. The molecule has 2 aliphatic carbocycles. The number of carbonyl (C=O) groups excluding carboxylic acids is 1. The maximum atomic E-state index is 11.6. The molecule has 5 unspecified atom stereocenters. The standard InChI is InChI=1S/C11H16O2/c1-6-3-4-9(12)11-7(2)10(13)5-8(6)11/h3-4,6-8,10-11,13H,5H2,1-2H3. The van der Waals surface area contributed by atoms with Gasteiger partial charge >= 0.3 is 0 Å². The lowest BCUT2D eigenvalue weighted by atomic mass is 9.76. The van der Waals surface area contributed by atoms with Gasteiger partial charge in [-0.15, -0.1) is 0 Å². The predicted octanol–water partition coefficient (Wildman–Crippen LogP) is 1.39. The molecule has 2 aliphatic rings. The fourth-order valence-corrected chi connectivity index (χ4v) is 2.78. The summed E-state index contributed by atoms with van der Waals surface area (Å²) in [6.07, 6.45) is 4.19. The highest BCUT2D eigenvalue weighted by Crippen LogP contribution is 2.44. The van der Waals surface area contributed by atoms with Crippen LogP contribution < -0.4 is 0 Å². The zero-order chi connectivity index (χ0) is 9.59. The minimum Gasteiger partial charge on any atom is -0.393 e. The summed E-state index contributed by atoms with van der Waals surface area (Å²) in [6, 6.07) is 0. The van der Waals surface area contributed by atoms with Crippen LogP contribution >= 0.6 is 0 Å². The molecule has 0 heterocycles. The van der Waals surface area contributed by atoms with Gasteiger partial charge in [-0.2, -0.15) is 0 Å². The van der Waals surface area contributed by atoms with Crippen LogP contribution in [0.2, 0.25) is 0 Å². The van der Waals surface area contributed by atoms with E-state index >= 15 is 0 Å². The zero-order valence-corrected chi connectivity index (χ0v) is 8.10. The van der Waals surface area contributed by atoms with Crippen molar-refractivity contribution in [2.45, 2.75) is 26.4 Å². The van der Waals surface area contributed by atoms with Crippen LogP contribution in [0.4, 0.5) is 0 Å². The Morgan fingerprint density at radius 2 is 2.15 bits per heavy atom. The van der Waals surface area contributed by atoms with Crippen molar-refractivity contribution in [1.82, 2.24) is 0 Å². The summed E-state index contributed by atoms with van der Waals surface area (Å²) in [5, 5.41) is 9.68. The van der Waals surface area contributed by atoms with Gasteiger partial charge in [0.25, 0.3) is 0 Å². The molecule has 5 atom stereocenters. The van der Waals surface area contributed by atoms with Crippen molar-refractivity contribution in [1.29, 1.82) is 0 Å². The highest BCUT2D eigenvalue weighted by Gasteiger charge is 2.46. The molecule has 2 nitrogen and oxygen atoms in total. The molecular formula is C11H16O2. The summed E-state index contributed by atoms with van der Waals surface area (Å²) < 4.78 is 0. The Bertz CT molecular complexity index is 257. The van der Waals surface area contributed by atoms with Gasteiger partial charge in [0.1, 0.15) is 0 Å². The molecule has 1 saturated carbocycles. The topological polar surface area (TPSA) is 37.3 Å². The van der Waals surface area contributed by atoms with Gasteiger partial charge in [0, 0.05) is 5.92 Å². The number of ketones is 1. The summed E-state index contributed by atoms with van der Waals surface area (Å²) in [5.41, 5.74) is 0. The Hall–Kier alpha value is -0.630. The molecule has 1 fully saturated rings. The first kappa shape index (κ1) is 8.95. The lowest BCUT2D eigenvalue weighted by Gasteiger charge is -2.27. The third kappa shape index (κ3) is 1.24. The van der Waals surface area contributed by atoms with Crippen molar-refractivity contribution in [3.05, 3.63) is 12.2 Å². The minimum absolute atomic E-state index is 0.0787. The van der Waals surface area contributed by atoms with E-state index < -0.39 is 0 Å². The average Bonchev–Trinajstić information content (AvgIpc) is 2.38. The van der Waals surface area contributed by atoms with E-state index in [1.807, 2.05) is 13.0 Å². The van der Waals surface area contributed by atoms with Gasteiger partial charge in [0.05, 0.1) is 6.10 Å². The van der Waals surface area contributed by atoms with Crippen LogP contribution in [0.3, 0.4) is 0 Å². The van der Waals surface area contributed by atoms with E-state index in [9.17, 15) is 9.90 Å². The van der Waals surface area contributed by atoms with E-state index in [0.717, 1.165) is 6.42 Å². The molecule has 13 heavy (non-hydrogen) atoms. The van der Waals surface area contributed by atoms with Crippen LogP contribution in [0.25, 0.3) is 0 Å². The lowest BCUT2D eigenvalue weighted by Crippen LogP contribution is -2.29. The number of fused-ring (bicyclic) bond motifs is 1. The molecule has 0 amide bonds. The summed E-state index contributed by atoms with van der Waals surface area (Å²) in [4.78, 5) is 11.6. The quantitative estimate of drug-likeness (QED) is 0.611. The summed E-state index contributed by atoms with van der Waals surface area (Å²) in [6.45, 7) is 4.12. The Labute approximate surface area is 78.6 Å². The molecule has 0 aromatic carbocycles. The molecule has 1 N–H and O–H groups in total. The molecule has 0 bridgehead atoms. The Balaban J connectivity index is 2.29. The van der Waals surface area contributed by atoms with Gasteiger partial charge in [-0.1, -0.05) is 19.9 Å². The first-order chi connectivity index (χ1) is 6.11. The third-order valence-corrected chi connectivity index (χ3v) is 3.72. The molecular weight excluding hydrogens is 164 g/mol. The predicted molar refractivity (Wildman–Crippen MR) is 50.1 cm³/mol. The first-order valence-corrected chi connectivity index (χ1v) is 5.01. The number of aliphatic hydroxyl groups is 1. The fourth-order valence-electron chi connectivity index (χ4n) is 2.78. The average molecular weight is 180 g/mol. The Morgan fingerprint density at radius 3 is 2.77 bits per heavy atom. The number of hydrogen-bond donors (Lipinski definition) is 1. The van der Waals surface area contributed by atoms with Gasteiger partial charge in [-0.3, -0.25) is 4.79 Å². The van der Waals surface area contributed by atoms with Crippen LogP contribution in [0.15, 0.2) is 12.2 Å². The largest absolute Gasteiger partial charge is 0.393 e. The maximum absolute atomic E-state index is 11.6. The van der Waals surface area contributed by atoms with E-state index in [1.165, 1.54) is 0 Å². The smallest absolute Gasteiger partial charge is 0.159 e. The van der Waals surface area contributed by atoms with E-state index in [2.05, 4.69) is 6.92 Å². The van der Waals surface area contributed by atoms with Gasteiger partial charge < -0.3 is 5.11 Å². The summed E-state index contributed by atoms with van der Waals surface area (Å²) in [7, 11) is 0. The molecule has 2 rings (SSSR count). The lowest BCUT2D eigenvalue weighted by molar-refractivity contribution is -0.121. The zero-order valence-electron chi connectivity index (χ0n) is 8.10. The van der Waals surface area contributed by atoms with Crippen molar-refractivity contribution >= 4 is 5.78 Å². The molecule has 0 spiro atoms. The maximum Gasteiger partial charge on any atom is 0.159 e. The van der Waals surface area contributed by atoms with E-state index in [4.69, 9.17) is 0 Å². The van der Waals surface area contributed by atoms with Crippen molar-refractivity contribution in [3.8, 4) is 0 Å². The van der Waals surface area contributed by atoms with Crippen molar-refractivity contribution in [2.75, 3.05) is 0 Å². The number of carbonyl (C=O) groups is 1. The Morgan fingerprint density at radius 1 is 1.46 bits per heavy atom. The van der Waals surface area contributed by atoms with Gasteiger partial charge in [0.15, 0.2) is 5.78 Å². The van der Waals surface area contributed by atoms with Gasteiger partial charge in [-0.05, 0) is 30.3 Å². The van der Waals surface area contributed by atoms with Crippen molar-refractivity contribution in [3.63, 3.8) is 0 Å². The number of aliphatic hydroxyl groups excluding tert-OH is 1. The van der Waals surface area contributed by atoms with Gasteiger partial charge in [-0.25, -0.2) is 0 Å². The van der Waals surface area contributed by atoms with Crippen molar-refractivity contribution < 1.29 is 9.90 Å². The molecule has 0 aliphatic heterocycles. The molecule has 2 heteroatoms. The number of rotatable bonds is 0. The van der Waals surface area contributed by atoms with Crippen LogP contribution in [0.1, 0.15) is 20.3 Å². The van der Waals surface area contributed by atoms with Crippen LogP contribution in [0.5, 0.6) is 0 Å². The highest BCUT2D eigenvalue weighted by molar-refractivity contribution is 5.93. The summed E-state index contributed by atoms with van der Waals surface area (Å²) >= 11 is 0. The molecule has 0 aromatic heterocycles. The number of hydrogen-bond acceptors (Lipinski definition) is 2. The monoisotopic (exact) mass is 180 g/mol. The highest BCUT2D eigenvalue weighted by atomic mass is 16.3. The third-order valence-electron chi connectivity index (χ3n) is 3.72. The summed E-state index contributed by atoms with van der Waals surface area (Å²) in [5.74, 6) is 1.26. The van der Waals surface area contributed by atoms with E-state index in [-0.39, 0.29) is 23.7 Å². The van der Waals surface area contributed by atoms with Crippen LogP contribution in [-0.4, -0.2) is 17.0 Å². The minimum atomic E-state index is -0.277. The molecule has 0 radical (unpaired) electrons. The second-order valence-electron chi connectivity index (χ2n) is 4.47. The second-order valence-corrected chi connectivity index (χ2v) is 4.47. The van der Waals surface area contributed by atoms with E-state index in [0.29, 0.717) is 11.8 Å². The fraction of sp³-hybridized carbons (Fsp3) is 0.727. The SMILES string of the molecule is CC1C=CC(=O)C2C(C)C(O)CC12. The second kappa shape index (κ2) is 2.95. The number of allylic oxidation sites excluding steroid dienone is 2. The van der Waals surface area contributed by atoms with Crippen LogP contribution in [0, 0.1) is 23.7 Å². The van der Waals surface area contributed by atoms with Crippen LogP contribution in [-0.2, 0) is 4.79 Å². The molecule has 0 aromatic rings. The molecule has 0 saturated heterocycles. The van der Waals surface area contributed by atoms with E-state index in [1.54, 1.807) is 6.08 Å². The van der Waals surface area contributed by atoms with Crippen molar-refractivity contribution in [2.24, 2.45) is 23.7 Å². The first-order valence-electron chi connectivity index (χ1n) is 5.01. The molecule has 72 valence electrons. The van der Waals surface area contributed by atoms with Gasteiger partial charge in [0.2, 0.25) is 0 Å². The Kier molecular flexibility index (Phi) is 2.03.